The van der Waals surface area contributed by atoms with Crippen molar-refractivity contribution in [2.45, 2.75) is 23.6 Å². The third-order valence-corrected chi connectivity index (χ3v) is 6.35. The lowest BCUT2D eigenvalue weighted by Crippen LogP contribution is -2.11. The summed E-state index contributed by atoms with van der Waals surface area (Å²) in [5, 5.41) is 6.44. The zero-order valence-electron chi connectivity index (χ0n) is 16.9. The van der Waals surface area contributed by atoms with Crippen molar-refractivity contribution in [1.29, 1.82) is 0 Å². The molecule has 8 nitrogen and oxygen atoms in total. The van der Waals surface area contributed by atoms with Gasteiger partial charge < -0.3 is 5.73 Å². The minimum atomic E-state index is -3.20. The second kappa shape index (κ2) is 9.02. The van der Waals surface area contributed by atoms with Gasteiger partial charge in [-0.3, -0.25) is 5.10 Å². The highest BCUT2D eigenvalue weighted by molar-refractivity contribution is 7.91. The van der Waals surface area contributed by atoms with Crippen LogP contribution in [-0.2, 0) is 19.7 Å². The summed E-state index contributed by atoms with van der Waals surface area (Å²) < 4.78 is 45.5. The van der Waals surface area contributed by atoms with E-state index >= 15 is 0 Å². The van der Waals surface area contributed by atoms with Crippen LogP contribution in [0, 0.1) is 13.8 Å². The highest BCUT2D eigenvalue weighted by Gasteiger charge is 2.11. The molecular formula is C19H22N4O4S3. The molecule has 0 aliphatic carbocycles. The average molecular weight is 467 g/mol. The van der Waals surface area contributed by atoms with E-state index in [4.69, 9.17) is 18.0 Å². The van der Waals surface area contributed by atoms with Crippen molar-refractivity contribution in [3.8, 4) is 11.4 Å². The van der Waals surface area contributed by atoms with E-state index < -0.39 is 19.7 Å². The van der Waals surface area contributed by atoms with Crippen LogP contribution in [-0.4, -0.2) is 49.5 Å². The Kier molecular flexibility index (Phi) is 7.11. The predicted octanol–water partition coefficient (Wildman–Crippen LogP) is 2.22. The topological polar surface area (TPSA) is 136 Å². The molecule has 0 radical (unpaired) electrons. The zero-order chi connectivity index (χ0) is 22.7. The summed E-state index contributed by atoms with van der Waals surface area (Å²) in [4.78, 5) is 4.74. The SMILES string of the molecule is Cc1cc(-c2ncn[nH]2)cc(S(C)(=O)=O)c1.Cc1cc(C(N)=S)cc(S(C)(=O)=O)c1. The highest BCUT2D eigenvalue weighted by Crippen LogP contribution is 2.21. The van der Waals surface area contributed by atoms with Gasteiger partial charge in [-0.25, -0.2) is 21.8 Å². The molecule has 160 valence electrons. The molecule has 3 rings (SSSR count). The second-order valence-corrected chi connectivity index (χ2v) is 11.3. The molecule has 30 heavy (non-hydrogen) atoms. The summed E-state index contributed by atoms with van der Waals surface area (Å²) in [6.07, 6.45) is 3.73. The Hall–Kier alpha value is -2.63. The van der Waals surface area contributed by atoms with E-state index in [-0.39, 0.29) is 9.88 Å². The number of aromatic amines is 1. The Bertz CT molecular complexity index is 1280. The van der Waals surface area contributed by atoms with Crippen LogP contribution in [0.2, 0.25) is 0 Å². The quantitative estimate of drug-likeness (QED) is 0.559. The lowest BCUT2D eigenvalue weighted by atomic mass is 10.1. The molecule has 0 saturated heterocycles. The molecule has 0 aliphatic rings. The molecule has 0 saturated carbocycles. The minimum absolute atomic E-state index is 0.207. The molecule has 1 heterocycles. The number of hydrogen-bond acceptors (Lipinski definition) is 7. The van der Waals surface area contributed by atoms with Gasteiger partial charge in [0.2, 0.25) is 0 Å². The van der Waals surface area contributed by atoms with Crippen LogP contribution in [0.15, 0.2) is 52.5 Å². The summed E-state index contributed by atoms with van der Waals surface area (Å²) in [6.45, 7) is 3.64. The van der Waals surface area contributed by atoms with Crippen molar-refractivity contribution in [3.63, 3.8) is 0 Å². The van der Waals surface area contributed by atoms with Gasteiger partial charge >= 0.3 is 0 Å². The van der Waals surface area contributed by atoms with E-state index in [1.807, 2.05) is 13.0 Å². The van der Waals surface area contributed by atoms with Crippen molar-refractivity contribution >= 4 is 36.9 Å². The number of H-pyrrole nitrogens is 1. The highest BCUT2D eigenvalue weighted by atomic mass is 32.2. The Labute approximate surface area is 181 Å². The average Bonchev–Trinajstić information content (AvgIpc) is 3.14. The van der Waals surface area contributed by atoms with Gasteiger partial charge in [-0.15, -0.1) is 0 Å². The van der Waals surface area contributed by atoms with E-state index in [1.165, 1.54) is 18.6 Å². The first-order valence-electron chi connectivity index (χ1n) is 8.56. The number of benzene rings is 2. The molecular weight excluding hydrogens is 444 g/mol. The third-order valence-electron chi connectivity index (χ3n) is 3.93. The number of nitrogens with two attached hydrogens (primary N) is 1. The number of nitrogens with zero attached hydrogens (tertiary/aromatic N) is 2. The van der Waals surface area contributed by atoms with Gasteiger partial charge in [0.15, 0.2) is 25.5 Å². The number of nitrogens with one attached hydrogen (secondary N) is 1. The fraction of sp³-hybridized carbons (Fsp3) is 0.211. The van der Waals surface area contributed by atoms with Crippen LogP contribution in [0.4, 0.5) is 0 Å². The maximum atomic E-state index is 11.5. The van der Waals surface area contributed by atoms with Crippen LogP contribution in [0.3, 0.4) is 0 Å². The van der Waals surface area contributed by atoms with E-state index in [9.17, 15) is 16.8 Å². The summed E-state index contributed by atoms with van der Waals surface area (Å²) >= 11 is 4.79. The van der Waals surface area contributed by atoms with Crippen molar-refractivity contribution in [2.24, 2.45) is 5.73 Å². The molecule has 1 aromatic heterocycles. The second-order valence-electron chi connectivity index (χ2n) is 6.81. The Morgan fingerprint density at radius 2 is 1.43 bits per heavy atom. The lowest BCUT2D eigenvalue weighted by molar-refractivity contribution is 0.600. The number of aryl methyl sites for hydroxylation is 2. The summed E-state index contributed by atoms with van der Waals surface area (Å²) in [5.41, 5.74) is 8.43. The Morgan fingerprint density at radius 1 is 0.900 bits per heavy atom. The van der Waals surface area contributed by atoms with Gasteiger partial charge in [0, 0.05) is 23.6 Å². The Morgan fingerprint density at radius 3 is 1.90 bits per heavy atom. The van der Waals surface area contributed by atoms with Gasteiger partial charge in [-0.05, 0) is 61.4 Å². The van der Waals surface area contributed by atoms with Crippen LogP contribution in [0.1, 0.15) is 16.7 Å². The van der Waals surface area contributed by atoms with Crippen LogP contribution in [0.25, 0.3) is 11.4 Å². The third kappa shape index (κ3) is 6.44. The zero-order valence-corrected chi connectivity index (χ0v) is 19.3. The standard InChI is InChI=1S/C10H11N3O2S.C9H11NO2S2/c1-7-3-8(10-11-6-12-13-10)5-9(4-7)16(2,14)15;1-6-3-7(9(10)13)5-8(4-6)14(2,11)12/h3-6H,1-2H3,(H,11,12,13);3-5H,1-2H3,(H2,10,13). The van der Waals surface area contributed by atoms with Crippen molar-refractivity contribution < 1.29 is 16.8 Å². The maximum absolute atomic E-state index is 11.5. The van der Waals surface area contributed by atoms with E-state index in [0.717, 1.165) is 22.9 Å². The van der Waals surface area contributed by atoms with E-state index in [2.05, 4.69) is 15.2 Å². The van der Waals surface area contributed by atoms with Crippen LogP contribution in [0.5, 0.6) is 0 Å². The van der Waals surface area contributed by atoms with Crippen molar-refractivity contribution in [2.75, 3.05) is 12.5 Å². The van der Waals surface area contributed by atoms with Crippen molar-refractivity contribution in [3.05, 3.63) is 59.4 Å². The van der Waals surface area contributed by atoms with Gasteiger partial charge in [0.1, 0.15) is 11.3 Å². The molecule has 3 N–H and O–H groups in total. The fourth-order valence-corrected chi connectivity index (χ4v) is 4.15. The molecule has 3 aromatic rings. The lowest BCUT2D eigenvalue weighted by Gasteiger charge is -2.04. The molecule has 2 aromatic carbocycles. The van der Waals surface area contributed by atoms with Gasteiger partial charge in [0.05, 0.1) is 9.79 Å². The number of rotatable bonds is 4. The number of thiocarbonyl (C=S) groups is 1. The monoisotopic (exact) mass is 466 g/mol. The van der Waals surface area contributed by atoms with Gasteiger partial charge in [-0.1, -0.05) is 12.2 Å². The van der Waals surface area contributed by atoms with Gasteiger partial charge in [-0.2, -0.15) is 5.10 Å². The van der Waals surface area contributed by atoms with E-state index in [1.54, 1.807) is 31.2 Å². The first kappa shape index (κ1) is 23.6. The summed E-state index contributed by atoms with van der Waals surface area (Å²) in [7, 11) is -6.40. The fourth-order valence-electron chi connectivity index (χ4n) is 2.55. The molecule has 0 fully saturated rings. The molecule has 11 heteroatoms. The van der Waals surface area contributed by atoms with Crippen LogP contribution >= 0.6 is 12.2 Å². The smallest absolute Gasteiger partial charge is 0.175 e. The molecule has 0 unspecified atom stereocenters. The molecule has 0 atom stereocenters. The number of aromatic nitrogens is 3. The maximum Gasteiger partial charge on any atom is 0.175 e. The molecule has 0 bridgehead atoms. The largest absolute Gasteiger partial charge is 0.389 e. The summed E-state index contributed by atoms with van der Waals surface area (Å²) in [5.74, 6) is 0.564. The first-order valence-corrected chi connectivity index (χ1v) is 12.8. The normalized spacial score (nSPS) is 11.5. The summed E-state index contributed by atoms with van der Waals surface area (Å²) in [6, 6.07) is 9.92. The minimum Gasteiger partial charge on any atom is -0.389 e. The molecule has 0 amide bonds. The van der Waals surface area contributed by atoms with Crippen molar-refractivity contribution in [1.82, 2.24) is 15.2 Å². The Balaban J connectivity index is 0.000000216. The van der Waals surface area contributed by atoms with Crippen LogP contribution < -0.4 is 5.73 Å². The molecule has 0 spiro atoms. The number of hydrogen-bond donors (Lipinski definition) is 2. The van der Waals surface area contributed by atoms with Gasteiger partial charge in [0.25, 0.3) is 0 Å². The predicted molar refractivity (Wildman–Crippen MR) is 120 cm³/mol. The van der Waals surface area contributed by atoms with E-state index in [0.29, 0.717) is 16.3 Å². The first-order chi connectivity index (χ1) is 13.8. The number of sulfone groups is 2. The molecule has 0 aliphatic heterocycles.